The third kappa shape index (κ3) is 7.80. The van der Waals surface area contributed by atoms with E-state index in [0.717, 1.165) is 25.7 Å². The van der Waals surface area contributed by atoms with Gasteiger partial charge in [-0.15, -0.1) is 0 Å². The zero-order valence-corrected chi connectivity index (χ0v) is 28.4. The number of ether oxygens (including phenoxy) is 2. The van der Waals surface area contributed by atoms with Gasteiger partial charge in [0.15, 0.2) is 0 Å². The summed E-state index contributed by atoms with van der Waals surface area (Å²) in [6, 6.07) is 30.0. The summed E-state index contributed by atoms with van der Waals surface area (Å²) < 4.78 is 18.9. The van der Waals surface area contributed by atoms with Gasteiger partial charge in [-0.3, -0.25) is 4.90 Å². The van der Waals surface area contributed by atoms with E-state index in [0.29, 0.717) is 12.2 Å². The molecule has 7 heteroatoms. The van der Waals surface area contributed by atoms with E-state index in [1.165, 1.54) is 10.4 Å². The Morgan fingerprint density at radius 2 is 1.34 bits per heavy atom. The Bertz CT molecular complexity index is 1310. The molecule has 1 amide bonds. The molecule has 1 saturated heterocycles. The second-order valence-corrected chi connectivity index (χ2v) is 18.1. The van der Waals surface area contributed by atoms with Crippen LogP contribution >= 0.6 is 0 Å². The molecule has 3 atom stereocenters. The van der Waals surface area contributed by atoms with Crippen LogP contribution in [0.1, 0.15) is 84.5 Å². The number of esters is 1. The molecule has 6 nitrogen and oxygen atoms in total. The smallest absolute Gasteiger partial charge is 0.410 e. The van der Waals surface area contributed by atoms with E-state index >= 15 is 0 Å². The summed E-state index contributed by atoms with van der Waals surface area (Å²) in [7, 11) is -2.64. The maximum absolute atomic E-state index is 13.6. The topological polar surface area (TPSA) is 65.1 Å². The van der Waals surface area contributed by atoms with Crippen molar-refractivity contribution in [2.24, 2.45) is 0 Å². The number of carbonyl (C=O) groups is 2. The van der Waals surface area contributed by atoms with Crippen LogP contribution in [0.25, 0.3) is 0 Å². The van der Waals surface area contributed by atoms with Gasteiger partial charge in [0.25, 0.3) is 8.32 Å². The maximum Gasteiger partial charge on any atom is 0.410 e. The summed E-state index contributed by atoms with van der Waals surface area (Å²) in [6.45, 7) is 14.9. The van der Waals surface area contributed by atoms with Crippen molar-refractivity contribution in [3.05, 3.63) is 96.6 Å². The van der Waals surface area contributed by atoms with Gasteiger partial charge in [0.05, 0.1) is 11.6 Å². The molecule has 0 spiro atoms. The van der Waals surface area contributed by atoms with Gasteiger partial charge in [-0.25, -0.2) is 9.59 Å². The molecular formula is C37H49NO5Si. The van der Waals surface area contributed by atoms with Crippen molar-refractivity contribution < 1.29 is 23.5 Å². The molecule has 236 valence electrons. The zero-order valence-electron chi connectivity index (χ0n) is 27.4. The van der Waals surface area contributed by atoms with Crippen molar-refractivity contribution in [2.75, 3.05) is 6.61 Å². The van der Waals surface area contributed by atoms with Gasteiger partial charge in [0.1, 0.15) is 11.7 Å². The second-order valence-electron chi connectivity index (χ2n) is 13.8. The van der Waals surface area contributed by atoms with Crippen molar-refractivity contribution in [1.29, 1.82) is 0 Å². The summed E-state index contributed by atoms with van der Waals surface area (Å²) >= 11 is 0. The standard InChI is InChI=1S/C37H49NO5Si/c1-28(42-34(39)29-18-11-8-12-19-29)33-26-25-30(38(33)35(40)43-36(2,3)4)20-17-27-41-44(37(5,6)7,31-21-13-9-14-22-31)32-23-15-10-16-24-32/h8-16,18-19,21-24,28,30,33H,17,20,25-27H2,1-7H3/t28-,30?,33+/m1/s1. The lowest BCUT2D eigenvalue weighted by Crippen LogP contribution is -2.66. The third-order valence-electron chi connectivity index (χ3n) is 8.41. The second kappa shape index (κ2) is 14.1. The van der Waals surface area contributed by atoms with Crippen LogP contribution in [0, 0.1) is 0 Å². The molecule has 3 aromatic carbocycles. The summed E-state index contributed by atoms with van der Waals surface area (Å²) in [5.41, 5.74) is -0.135. The first-order valence-corrected chi connectivity index (χ1v) is 17.8. The summed E-state index contributed by atoms with van der Waals surface area (Å²) in [4.78, 5) is 28.3. The molecule has 1 unspecified atom stereocenters. The summed E-state index contributed by atoms with van der Waals surface area (Å²) in [5, 5.41) is 2.41. The zero-order chi connectivity index (χ0) is 32.0. The molecule has 1 aliphatic heterocycles. The molecule has 0 aromatic heterocycles. The van der Waals surface area contributed by atoms with E-state index in [2.05, 4.69) is 81.4 Å². The highest BCUT2D eigenvalue weighted by atomic mass is 28.4. The molecule has 0 N–H and O–H groups in total. The van der Waals surface area contributed by atoms with Crippen LogP contribution in [0.15, 0.2) is 91.0 Å². The molecular weight excluding hydrogens is 566 g/mol. The van der Waals surface area contributed by atoms with E-state index < -0.39 is 20.0 Å². The Morgan fingerprint density at radius 1 is 0.818 bits per heavy atom. The minimum absolute atomic E-state index is 0.0320. The van der Waals surface area contributed by atoms with Gasteiger partial charge in [-0.1, -0.05) is 99.6 Å². The number of rotatable bonds is 10. The maximum atomic E-state index is 13.6. The predicted octanol–water partition coefficient (Wildman–Crippen LogP) is 7.36. The summed E-state index contributed by atoms with van der Waals surface area (Å²) in [6.07, 6.45) is 2.28. The number of hydrogen-bond acceptors (Lipinski definition) is 5. The monoisotopic (exact) mass is 615 g/mol. The lowest BCUT2D eigenvalue weighted by atomic mass is 10.1. The first-order valence-electron chi connectivity index (χ1n) is 15.9. The van der Waals surface area contributed by atoms with Crippen molar-refractivity contribution in [1.82, 2.24) is 4.90 Å². The van der Waals surface area contributed by atoms with Crippen LogP contribution in [0.2, 0.25) is 5.04 Å². The average molecular weight is 616 g/mol. The highest BCUT2D eigenvalue weighted by molar-refractivity contribution is 6.99. The number of amides is 1. The fourth-order valence-electron chi connectivity index (χ4n) is 6.45. The lowest BCUT2D eigenvalue weighted by Gasteiger charge is -2.43. The van der Waals surface area contributed by atoms with Crippen molar-refractivity contribution >= 4 is 30.8 Å². The minimum atomic E-state index is -2.64. The number of hydrogen-bond donors (Lipinski definition) is 0. The Balaban J connectivity index is 1.51. The molecule has 44 heavy (non-hydrogen) atoms. The Hall–Kier alpha value is -3.42. The van der Waals surface area contributed by atoms with Crippen LogP contribution in [-0.2, 0) is 13.9 Å². The molecule has 3 aromatic rings. The molecule has 0 saturated carbocycles. The SMILES string of the molecule is C[C@@H](OC(=O)c1ccccc1)[C@@H]1CCC(CCCO[Si](c2ccccc2)(c2ccccc2)C(C)(C)C)N1C(=O)OC(C)(C)C. The van der Waals surface area contributed by atoms with E-state index in [1.807, 2.05) is 50.8 Å². The highest BCUT2D eigenvalue weighted by Gasteiger charge is 2.50. The molecule has 0 aliphatic carbocycles. The van der Waals surface area contributed by atoms with Gasteiger partial charge in [-0.05, 0) is 80.9 Å². The van der Waals surface area contributed by atoms with E-state index in [9.17, 15) is 9.59 Å². The largest absolute Gasteiger partial charge is 0.457 e. The number of nitrogens with zero attached hydrogens (tertiary/aromatic N) is 1. The molecule has 0 bridgehead atoms. The first-order chi connectivity index (χ1) is 20.8. The number of likely N-dealkylation sites (tertiary alicyclic amines) is 1. The van der Waals surface area contributed by atoms with E-state index in [1.54, 1.807) is 12.1 Å². The normalized spacial score (nSPS) is 18.1. The quantitative estimate of drug-likeness (QED) is 0.136. The van der Waals surface area contributed by atoms with Crippen molar-refractivity contribution in [2.45, 2.75) is 103 Å². The molecule has 4 rings (SSSR count). The van der Waals surface area contributed by atoms with Crippen LogP contribution in [0.5, 0.6) is 0 Å². The third-order valence-corrected chi connectivity index (χ3v) is 13.5. The highest BCUT2D eigenvalue weighted by Crippen LogP contribution is 2.37. The fourth-order valence-corrected chi connectivity index (χ4v) is 11.1. The molecule has 1 heterocycles. The van der Waals surface area contributed by atoms with Crippen LogP contribution in [0.4, 0.5) is 4.79 Å². The van der Waals surface area contributed by atoms with E-state index in [-0.39, 0.29) is 29.2 Å². The average Bonchev–Trinajstić information content (AvgIpc) is 3.41. The van der Waals surface area contributed by atoms with Gasteiger partial charge < -0.3 is 13.9 Å². The Kier molecular flexibility index (Phi) is 10.7. The lowest BCUT2D eigenvalue weighted by molar-refractivity contribution is -0.0147. The van der Waals surface area contributed by atoms with Crippen LogP contribution in [-0.4, -0.2) is 55.7 Å². The molecule has 1 fully saturated rings. The minimum Gasteiger partial charge on any atom is -0.457 e. The Labute approximate surface area is 264 Å². The van der Waals surface area contributed by atoms with Gasteiger partial charge >= 0.3 is 12.1 Å². The molecule has 0 radical (unpaired) electrons. The number of benzene rings is 3. The van der Waals surface area contributed by atoms with Gasteiger partial charge in [0, 0.05) is 12.6 Å². The van der Waals surface area contributed by atoms with Crippen LogP contribution < -0.4 is 10.4 Å². The fraction of sp³-hybridized carbons (Fsp3) is 0.459. The van der Waals surface area contributed by atoms with Crippen molar-refractivity contribution in [3.8, 4) is 0 Å². The van der Waals surface area contributed by atoms with Crippen molar-refractivity contribution in [3.63, 3.8) is 0 Å². The van der Waals surface area contributed by atoms with Crippen LogP contribution in [0.3, 0.4) is 0 Å². The van der Waals surface area contributed by atoms with Gasteiger partial charge in [0.2, 0.25) is 0 Å². The van der Waals surface area contributed by atoms with E-state index in [4.69, 9.17) is 13.9 Å². The predicted molar refractivity (Wildman–Crippen MR) is 179 cm³/mol. The number of carbonyl (C=O) groups excluding carboxylic acids is 2. The Morgan fingerprint density at radius 3 is 1.84 bits per heavy atom. The summed E-state index contributed by atoms with van der Waals surface area (Å²) in [5.74, 6) is -0.385. The molecule has 1 aliphatic rings. The van der Waals surface area contributed by atoms with Gasteiger partial charge in [-0.2, -0.15) is 0 Å². The first kappa shape index (κ1) is 33.5.